The van der Waals surface area contributed by atoms with E-state index in [0.29, 0.717) is 0 Å². The van der Waals surface area contributed by atoms with Crippen LogP contribution in [-0.4, -0.2) is 27.7 Å². The Hall–Kier alpha value is -0.900. The first-order valence-corrected chi connectivity index (χ1v) is 3.46. The van der Waals surface area contributed by atoms with Gasteiger partial charge in [0.05, 0.1) is 12.2 Å². The molecule has 1 rings (SSSR count). The summed E-state index contributed by atoms with van der Waals surface area (Å²) in [6.45, 7) is 1.35. The highest BCUT2D eigenvalue weighted by atomic mass is 19.1. The predicted molar refractivity (Wildman–Crippen MR) is 38.9 cm³/mol. The maximum Gasteiger partial charge on any atom is 0.117 e. The number of rotatable bonds is 3. The van der Waals surface area contributed by atoms with Crippen LogP contribution in [0.15, 0.2) is 12.3 Å². The Morgan fingerprint density at radius 1 is 1.82 bits per heavy atom. The van der Waals surface area contributed by atoms with Crippen molar-refractivity contribution in [1.82, 2.24) is 9.78 Å². The molecule has 1 N–H and O–H groups in total. The molecule has 0 radical (unpaired) electrons. The van der Waals surface area contributed by atoms with Gasteiger partial charge in [0.15, 0.2) is 0 Å². The lowest BCUT2D eigenvalue weighted by molar-refractivity contribution is 0.118. The number of nitrogens with zero attached hydrogens (tertiary/aromatic N) is 2. The van der Waals surface area contributed by atoms with E-state index in [1.165, 1.54) is 4.68 Å². The van der Waals surface area contributed by atoms with Crippen LogP contribution in [0.3, 0.4) is 0 Å². The maximum absolute atomic E-state index is 11.8. The monoisotopic (exact) mass is 158 g/mol. The summed E-state index contributed by atoms with van der Waals surface area (Å²) in [5.74, 6) is 0. The Morgan fingerprint density at radius 2 is 2.55 bits per heavy atom. The summed E-state index contributed by atoms with van der Waals surface area (Å²) in [5, 5.41) is 12.9. The Kier molecular flexibility index (Phi) is 2.59. The van der Waals surface area contributed by atoms with Crippen LogP contribution in [-0.2, 0) is 6.54 Å². The number of hydrogen-bond acceptors (Lipinski definition) is 2. The third-order valence-electron chi connectivity index (χ3n) is 1.35. The highest BCUT2D eigenvalue weighted by Gasteiger charge is 2.03. The first-order chi connectivity index (χ1) is 5.22. The number of halogens is 1. The standard InChI is InChI=1S/C7H11FN2O/c1-6-2-3-10(9-6)5-7(11)4-8/h2-3,7,11H,4-5H2,1H3. The molecule has 62 valence electrons. The van der Waals surface area contributed by atoms with Gasteiger partial charge < -0.3 is 5.11 Å². The van der Waals surface area contributed by atoms with E-state index in [1.807, 2.05) is 13.0 Å². The summed E-state index contributed by atoms with van der Waals surface area (Å²) in [6.07, 6.45) is 0.781. The first kappa shape index (κ1) is 8.20. The van der Waals surface area contributed by atoms with Crippen LogP contribution >= 0.6 is 0 Å². The number of alkyl halides is 1. The zero-order chi connectivity index (χ0) is 8.27. The molecular weight excluding hydrogens is 147 g/mol. The van der Waals surface area contributed by atoms with Crippen molar-refractivity contribution >= 4 is 0 Å². The molecule has 0 aliphatic carbocycles. The molecule has 1 aromatic rings. The highest BCUT2D eigenvalue weighted by Crippen LogP contribution is 1.95. The molecule has 0 aliphatic rings. The quantitative estimate of drug-likeness (QED) is 0.696. The van der Waals surface area contributed by atoms with Crippen LogP contribution in [0, 0.1) is 6.92 Å². The second-order valence-corrected chi connectivity index (χ2v) is 2.49. The van der Waals surface area contributed by atoms with E-state index in [-0.39, 0.29) is 6.54 Å². The summed E-state index contributed by atoms with van der Waals surface area (Å²) in [5.41, 5.74) is 0.871. The van der Waals surface area contributed by atoms with Crippen molar-refractivity contribution in [2.45, 2.75) is 19.6 Å². The molecule has 0 fully saturated rings. The van der Waals surface area contributed by atoms with Gasteiger partial charge in [0.1, 0.15) is 12.8 Å². The van der Waals surface area contributed by atoms with Crippen molar-refractivity contribution < 1.29 is 9.50 Å². The lowest BCUT2D eigenvalue weighted by Crippen LogP contribution is -2.18. The molecule has 1 heterocycles. The second kappa shape index (κ2) is 3.48. The molecule has 4 heteroatoms. The van der Waals surface area contributed by atoms with Crippen LogP contribution < -0.4 is 0 Å². The average Bonchev–Trinajstić information content (AvgIpc) is 2.35. The van der Waals surface area contributed by atoms with Gasteiger partial charge in [-0.25, -0.2) is 4.39 Å². The Morgan fingerprint density at radius 3 is 3.00 bits per heavy atom. The zero-order valence-electron chi connectivity index (χ0n) is 6.37. The van der Waals surface area contributed by atoms with Crippen molar-refractivity contribution in [1.29, 1.82) is 0 Å². The predicted octanol–water partition coefficient (Wildman–Crippen LogP) is 0.522. The van der Waals surface area contributed by atoms with E-state index in [4.69, 9.17) is 5.11 Å². The maximum atomic E-state index is 11.8. The van der Waals surface area contributed by atoms with Crippen LogP contribution in [0.25, 0.3) is 0 Å². The highest BCUT2D eigenvalue weighted by molar-refractivity contribution is 4.94. The molecule has 0 saturated carbocycles. The van der Waals surface area contributed by atoms with Crippen molar-refractivity contribution in [2.24, 2.45) is 0 Å². The molecule has 11 heavy (non-hydrogen) atoms. The summed E-state index contributed by atoms with van der Waals surface area (Å²) >= 11 is 0. The van der Waals surface area contributed by atoms with E-state index < -0.39 is 12.8 Å². The van der Waals surface area contributed by atoms with Crippen molar-refractivity contribution in [2.75, 3.05) is 6.67 Å². The van der Waals surface area contributed by atoms with E-state index in [0.717, 1.165) is 5.69 Å². The molecule has 0 aromatic carbocycles. The molecule has 1 unspecified atom stereocenters. The van der Waals surface area contributed by atoms with Gasteiger partial charge in [0.25, 0.3) is 0 Å². The third-order valence-corrected chi connectivity index (χ3v) is 1.35. The molecule has 0 aliphatic heterocycles. The lowest BCUT2D eigenvalue weighted by Gasteiger charge is -2.04. The van der Waals surface area contributed by atoms with Crippen LogP contribution in [0.2, 0.25) is 0 Å². The van der Waals surface area contributed by atoms with E-state index >= 15 is 0 Å². The van der Waals surface area contributed by atoms with Gasteiger partial charge in [0.2, 0.25) is 0 Å². The van der Waals surface area contributed by atoms with Gasteiger partial charge in [-0.2, -0.15) is 5.10 Å². The Balaban J connectivity index is 2.50. The SMILES string of the molecule is Cc1ccn(CC(O)CF)n1. The summed E-state index contributed by atoms with van der Waals surface area (Å²) in [6, 6.07) is 1.81. The van der Waals surface area contributed by atoms with E-state index in [9.17, 15) is 4.39 Å². The molecule has 1 atom stereocenters. The fourth-order valence-electron chi connectivity index (χ4n) is 0.830. The van der Waals surface area contributed by atoms with Crippen LogP contribution in [0.1, 0.15) is 5.69 Å². The fraction of sp³-hybridized carbons (Fsp3) is 0.571. The smallest absolute Gasteiger partial charge is 0.117 e. The summed E-state index contributed by atoms with van der Waals surface area (Å²) in [4.78, 5) is 0. The molecule has 3 nitrogen and oxygen atoms in total. The minimum atomic E-state index is -0.936. The molecule has 0 saturated heterocycles. The van der Waals surface area contributed by atoms with E-state index in [1.54, 1.807) is 6.20 Å². The Bertz CT molecular complexity index is 224. The van der Waals surface area contributed by atoms with Gasteiger partial charge in [-0.05, 0) is 13.0 Å². The number of aliphatic hydroxyl groups is 1. The topological polar surface area (TPSA) is 38.0 Å². The first-order valence-electron chi connectivity index (χ1n) is 3.46. The second-order valence-electron chi connectivity index (χ2n) is 2.49. The van der Waals surface area contributed by atoms with Gasteiger partial charge in [-0.3, -0.25) is 4.68 Å². The largest absolute Gasteiger partial charge is 0.388 e. The van der Waals surface area contributed by atoms with E-state index in [2.05, 4.69) is 5.10 Å². The van der Waals surface area contributed by atoms with Crippen LogP contribution in [0.5, 0.6) is 0 Å². The minimum Gasteiger partial charge on any atom is -0.388 e. The molecular formula is C7H11FN2O. The zero-order valence-corrected chi connectivity index (χ0v) is 6.37. The van der Waals surface area contributed by atoms with Crippen LogP contribution in [0.4, 0.5) is 4.39 Å². The molecule has 1 aromatic heterocycles. The fourth-order valence-corrected chi connectivity index (χ4v) is 0.830. The number of aryl methyl sites for hydroxylation is 1. The number of aliphatic hydroxyl groups excluding tert-OH is 1. The van der Waals surface area contributed by atoms with Crippen molar-refractivity contribution in [3.8, 4) is 0 Å². The van der Waals surface area contributed by atoms with Crippen molar-refractivity contribution in [3.05, 3.63) is 18.0 Å². The third kappa shape index (κ3) is 2.31. The lowest BCUT2D eigenvalue weighted by atomic mass is 10.4. The van der Waals surface area contributed by atoms with Gasteiger partial charge in [-0.1, -0.05) is 0 Å². The molecule has 0 bridgehead atoms. The molecule has 0 spiro atoms. The summed E-state index contributed by atoms with van der Waals surface area (Å²) in [7, 11) is 0. The normalized spacial score (nSPS) is 13.4. The van der Waals surface area contributed by atoms with Crippen molar-refractivity contribution in [3.63, 3.8) is 0 Å². The van der Waals surface area contributed by atoms with Gasteiger partial charge >= 0.3 is 0 Å². The Labute approximate surface area is 64.5 Å². The van der Waals surface area contributed by atoms with Gasteiger partial charge in [0, 0.05) is 6.20 Å². The van der Waals surface area contributed by atoms with Gasteiger partial charge in [-0.15, -0.1) is 0 Å². The number of aromatic nitrogens is 2. The number of hydrogen-bond donors (Lipinski definition) is 1. The molecule has 0 amide bonds. The minimum absolute atomic E-state index is 0.227. The average molecular weight is 158 g/mol. The summed E-state index contributed by atoms with van der Waals surface area (Å²) < 4.78 is 13.3.